The van der Waals surface area contributed by atoms with Crippen molar-refractivity contribution >= 4 is 57.5 Å². The van der Waals surface area contributed by atoms with Gasteiger partial charge in [0.15, 0.2) is 0 Å². The third-order valence-corrected chi connectivity index (χ3v) is 1.45. The Bertz CT molecular complexity index is 392. The van der Waals surface area contributed by atoms with Crippen molar-refractivity contribution in [3.63, 3.8) is 0 Å². The standard InChI is InChI=1S/2C7H11O2.Ca.H3O4P/c2*1-4-5-9-7(8)6(2)3;;1-5(2,3)4/h2*1-2,4-5H2,3H3;;(H3,1,2,3,4)/q2*-1;+2;. The van der Waals surface area contributed by atoms with Crippen LogP contribution in [0.1, 0.15) is 26.7 Å². The van der Waals surface area contributed by atoms with E-state index in [0.29, 0.717) is 37.2 Å². The number of carbonyl (C=O) groups is 2. The van der Waals surface area contributed by atoms with Gasteiger partial charge in [0.2, 0.25) is 0 Å². The van der Waals surface area contributed by atoms with E-state index in [9.17, 15) is 9.59 Å². The van der Waals surface area contributed by atoms with Crippen LogP contribution in [0.2, 0.25) is 0 Å². The number of rotatable bonds is 6. The van der Waals surface area contributed by atoms with Crippen LogP contribution in [0.4, 0.5) is 0 Å². The fourth-order valence-electron chi connectivity index (χ4n) is 0.576. The minimum atomic E-state index is -4.64. The van der Waals surface area contributed by atoms with Crippen molar-refractivity contribution in [1.82, 2.24) is 0 Å². The Morgan fingerprint density at radius 1 is 0.917 bits per heavy atom. The van der Waals surface area contributed by atoms with Gasteiger partial charge in [-0.05, 0) is 13.8 Å². The summed E-state index contributed by atoms with van der Waals surface area (Å²) >= 11 is 0. The molecular formula is C14H25CaO8P. The van der Waals surface area contributed by atoms with Gasteiger partial charge in [0.1, 0.15) is 0 Å². The van der Waals surface area contributed by atoms with Gasteiger partial charge in [0.05, 0.1) is 13.2 Å². The third-order valence-electron chi connectivity index (χ3n) is 1.45. The molecule has 8 nitrogen and oxygen atoms in total. The molecule has 0 rings (SSSR count). The van der Waals surface area contributed by atoms with Crippen molar-refractivity contribution in [2.45, 2.75) is 26.7 Å². The van der Waals surface area contributed by atoms with E-state index in [-0.39, 0.29) is 49.7 Å². The van der Waals surface area contributed by atoms with E-state index in [2.05, 4.69) is 36.5 Å². The van der Waals surface area contributed by atoms with Crippen molar-refractivity contribution in [3.8, 4) is 0 Å². The van der Waals surface area contributed by atoms with E-state index in [4.69, 9.17) is 19.2 Å². The van der Waals surface area contributed by atoms with Gasteiger partial charge < -0.3 is 38.0 Å². The van der Waals surface area contributed by atoms with Crippen LogP contribution in [0.15, 0.2) is 24.3 Å². The Morgan fingerprint density at radius 3 is 1.25 bits per heavy atom. The van der Waals surface area contributed by atoms with E-state index in [1.54, 1.807) is 13.8 Å². The van der Waals surface area contributed by atoms with Crippen molar-refractivity contribution in [1.29, 1.82) is 0 Å². The second kappa shape index (κ2) is 19.1. The van der Waals surface area contributed by atoms with Crippen LogP contribution in [0.5, 0.6) is 0 Å². The molecule has 0 aromatic heterocycles. The maximum absolute atomic E-state index is 10.6. The summed E-state index contributed by atoms with van der Waals surface area (Å²) in [7, 11) is -4.64. The number of carbonyl (C=O) groups excluding carboxylic acids is 2. The molecule has 136 valence electrons. The summed E-state index contributed by atoms with van der Waals surface area (Å²) in [5.74, 6) is -0.669. The topological polar surface area (TPSA) is 130 Å². The summed E-state index contributed by atoms with van der Waals surface area (Å²) in [5.41, 5.74) is 0.868. The maximum atomic E-state index is 10.6. The molecular weight excluding hydrogens is 367 g/mol. The molecule has 3 N–H and O–H groups in total. The average Bonchev–Trinajstić information content (AvgIpc) is 2.40. The molecule has 0 bridgehead atoms. The number of esters is 2. The predicted octanol–water partition coefficient (Wildman–Crippen LogP) is 1.35. The van der Waals surface area contributed by atoms with E-state index in [1.807, 2.05) is 0 Å². The van der Waals surface area contributed by atoms with E-state index >= 15 is 0 Å². The van der Waals surface area contributed by atoms with Crippen LogP contribution in [0.25, 0.3) is 0 Å². The number of phosphoric acid groups is 1. The summed E-state index contributed by atoms with van der Waals surface area (Å²) in [4.78, 5) is 42.7. The van der Waals surface area contributed by atoms with Gasteiger partial charge in [-0.1, -0.05) is 13.2 Å². The summed E-state index contributed by atoms with van der Waals surface area (Å²) in [6, 6.07) is 0. The first-order chi connectivity index (χ1) is 10.4. The maximum Gasteiger partial charge on any atom is 2.00 e. The minimum Gasteiger partial charge on any atom is -0.465 e. The number of ether oxygens (including phenoxy) is 2. The average molecular weight is 392 g/mol. The summed E-state index contributed by atoms with van der Waals surface area (Å²) in [5, 5.41) is 0. The number of hydrogen-bond donors (Lipinski definition) is 3. The molecule has 0 saturated carbocycles. The van der Waals surface area contributed by atoms with Crippen molar-refractivity contribution in [2.24, 2.45) is 0 Å². The molecule has 0 aromatic carbocycles. The van der Waals surface area contributed by atoms with E-state index in [0.717, 1.165) is 0 Å². The Hall–Kier alpha value is -0.210. The van der Waals surface area contributed by atoms with E-state index in [1.165, 1.54) is 0 Å². The smallest absolute Gasteiger partial charge is 0.465 e. The quantitative estimate of drug-likeness (QED) is 0.203. The van der Waals surface area contributed by atoms with Crippen LogP contribution in [-0.4, -0.2) is 77.6 Å². The van der Waals surface area contributed by atoms with Crippen LogP contribution < -0.4 is 0 Å². The molecule has 0 amide bonds. The van der Waals surface area contributed by atoms with Crippen molar-refractivity contribution < 1.29 is 38.3 Å². The molecule has 0 fully saturated rings. The summed E-state index contributed by atoms with van der Waals surface area (Å²) < 4.78 is 18.2. The molecule has 0 aromatic rings. The number of hydrogen-bond acceptors (Lipinski definition) is 5. The van der Waals surface area contributed by atoms with Gasteiger partial charge in [-0.3, -0.25) is 0 Å². The minimum absolute atomic E-state index is 0. The Kier molecular flexibility index (Phi) is 25.1. The first kappa shape index (κ1) is 31.5. The molecule has 10 heteroatoms. The third kappa shape index (κ3) is 37.8. The second-order valence-corrected chi connectivity index (χ2v) is 5.08. The zero-order valence-electron chi connectivity index (χ0n) is 14.2. The first-order valence-electron chi connectivity index (χ1n) is 6.38. The van der Waals surface area contributed by atoms with Gasteiger partial charge >= 0.3 is 57.5 Å². The van der Waals surface area contributed by atoms with Gasteiger partial charge in [0, 0.05) is 11.1 Å². The fourth-order valence-corrected chi connectivity index (χ4v) is 0.576. The molecule has 0 atom stereocenters. The predicted molar refractivity (Wildman–Crippen MR) is 91.5 cm³/mol. The zero-order valence-corrected chi connectivity index (χ0v) is 17.3. The molecule has 24 heavy (non-hydrogen) atoms. The SMILES string of the molecule is C=C(C)C(=O)OCC[CH2-].C=C(C)C(=O)OCC[CH2-].O=P(O)(O)O.[Ca+2]. The van der Waals surface area contributed by atoms with Gasteiger partial charge in [-0.25, -0.2) is 14.2 Å². The molecule has 0 spiro atoms. The van der Waals surface area contributed by atoms with Crippen LogP contribution >= 0.6 is 7.82 Å². The van der Waals surface area contributed by atoms with Gasteiger partial charge in [0.25, 0.3) is 0 Å². The Morgan fingerprint density at radius 2 is 1.12 bits per heavy atom. The van der Waals surface area contributed by atoms with Crippen molar-refractivity contribution in [2.75, 3.05) is 13.2 Å². The van der Waals surface area contributed by atoms with Crippen LogP contribution in [-0.2, 0) is 23.6 Å². The molecule has 0 saturated heterocycles. The Labute approximate surface area is 173 Å². The first-order valence-corrected chi connectivity index (χ1v) is 7.95. The van der Waals surface area contributed by atoms with Gasteiger partial charge in [-0.2, -0.15) is 0 Å². The molecule has 0 aliphatic carbocycles. The van der Waals surface area contributed by atoms with Crippen molar-refractivity contribution in [3.05, 3.63) is 38.2 Å². The molecule has 0 radical (unpaired) electrons. The fraction of sp³-hybridized carbons (Fsp3) is 0.429. The molecule has 0 aliphatic rings. The zero-order chi connectivity index (χ0) is 19.1. The largest absolute Gasteiger partial charge is 2.00 e. The molecule has 0 heterocycles. The molecule has 0 unspecified atom stereocenters. The summed E-state index contributed by atoms with van der Waals surface area (Å²) in [6.07, 6.45) is 1.22. The summed E-state index contributed by atoms with van der Waals surface area (Å²) in [6.45, 7) is 17.8. The monoisotopic (exact) mass is 392 g/mol. The van der Waals surface area contributed by atoms with E-state index < -0.39 is 7.82 Å². The second-order valence-electron chi connectivity index (χ2n) is 4.05. The Balaban J connectivity index is -0.000000128. The van der Waals surface area contributed by atoms with Gasteiger partial charge in [-0.15, -0.1) is 12.8 Å². The normalized spacial score (nSPS) is 8.96. The van der Waals surface area contributed by atoms with Crippen LogP contribution in [0.3, 0.4) is 0 Å². The van der Waals surface area contributed by atoms with Crippen LogP contribution in [0, 0.1) is 13.8 Å². The molecule has 0 aliphatic heterocycles.